The van der Waals surface area contributed by atoms with Gasteiger partial charge in [0.1, 0.15) is 5.75 Å². The van der Waals surface area contributed by atoms with Gasteiger partial charge in [-0.1, -0.05) is 37.3 Å². The van der Waals surface area contributed by atoms with E-state index < -0.39 is 0 Å². The van der Waals surface area contributed by atoms with Gasteiger partial charge >= 0.3 is 0 Å². The van der Waals surface area contributed by atoms with E-state index in [4.69, 9.17) is 4.74 Å². The van der Waals surface area contributed by atoms with Gasteiger partial charge in [-0.3, -0.25) is 9.59 Å². The molecule has 1 unspecified atom stereocenters. The highest BCUT2D eigenvalue weighted by atomic mass is 16.5. The highest BCUT2D eigenvalue weighted by Gasteiger charge is 2.18. The van der Waals surface area contributed by atoms with Crippen molar-refractivity contribution in [2.75, 3.05) is 19.0 Å². The van der Waals surface area contributed by atoms with Crippen molar-refractivity contribution in [2.24, 2.45) is 0 Å². The van der Waals surface area contributed by atoms with Crippen LogP contribution in [0.25, 0.3) is 0 Å². The molecule has 2 aromatic rings. The molecule has 2 rings (SSSR count). The average Bonchev–Trinajstić information content (AvgIpc) is 2.62. The van der Waals surface area contributed by atoms with Gasteiger partial charge in [-0.05, 0) is 36.2 Å². The van der Waals surface area contributed by atoms with Crippen LogP contribution in [-0.2, 0) is 9.59 Å². The van der Waals surface area contributed by atoms with E-state index in [0.717, 1.165) is 11.3 Å². The molecule has 0 saturated carbocycles. The Morgan fingerprint density at radius 3 is 2.29 bits per heavy atom. The third kappa shape index (κ3) is 4.84. The Balaban J connectivity index is 1.86. The number of benzene rings is 2. The minimum atomic E-state index is -0.267. The van der Waals surface area contributed by atoms with E-state index in [9.17, 15) is 9.59 Å². The summed E-state index contributed by atoms with van der Waals surface area (Å²) in [6, 6.07) is 16.6. The van der Waals surface area contributed by atoms with Crippen molar-refractivity contribution in [3.8, 4) is 5.75 Å². The summed E-state index contributed by atoms with van der Waals surface area (Å²) in [4.78, 5) is 24.3. The molecule has 1 atom stereocenters. The van der Waals surface area contributed by atoms with Crippen LogP contribution >= 0.6 is 0 Å². The highest BCUT2D eigenvalue weighted by Crippen LogP contribution is 2.19. The standard InChI is InChI=1S/C19H22N2O3/c1-3-17(14-7-5-4-6-8-14)19(23)20-13-18(22)21-15-9-11-16(24-2)12-10-15/h4-12,17H,3,13H2,1-2H3,(H,20,23)(H,21,22). The van der Waals surface area contributed by atoms with Crippen molar-refractivity contribution in [1.29, 1.82) is 0 Å². The van der Waals surface area contributed by atoms with E-state index in [1.165, 1.54) is 0 Å². The van der Waals surface area contributed by atoms with Crippen LogP contribution in [0.5, 0.6) is 5.75 Å². The first kappa shape index (κ1) is 17.5. The van der Waals surface area contributed by atoms with Crippen LogP contribution in [0.15, 0.2) is 54.6 Å². The molecular weight excluding hydrogens is 304 g/mol. The maximum absolute atomic E-state index is 12.3. The van der Waals surface area contributed by atoms with Gasteiger partial charge in [0, 0.05) is 5.69 Å². The van der Waals surface area contributed by atoms with Gasteiger partial charge in [0.15, 0.2) is 0 Å². The molecule has 2 N–H and O–H groups in total. The van der Waals surface area contributed by atoms with Gasteiger partial charge < -0.3 is 15.4 Å². The zero-order valence-electron chi connectivity index (χ0n) is 13.9. The fourth-order valence-corrected chi connectivity index (χ4v) is 2.43. The minimum Gasteiger partial charge on any atom is -0.497 e. The van der Waals surface area contributed by atoms with E-state index in [-0.39, 0.29) is 24.3 Å². The summed E-state index contributed by atoms with van der Waals surface area (Å²) in [5.41, 5.74) is 1.61. The van der Waals surface area contributed by atoms with Crippen LogP contribution in [0, 0.1) is 0 Å². The lowest BCUT2D eigenvalue weighted by Crippen LogP contribution is -2.35. The van der Waals surface area contributed by atoms with Crippen LogP contribution < -0.4 is 15.4 Å². The molecule has 0 saturated heterocycles. The van der Waals surface area contributed by atoms with Crippen molar-refractivity contribution in [3.63, 3.8) is 0 Å². The summed E-state index contributed by atoms with van der Waals surface area (Å²) in [5, 5.41) is 5.44. The number of carbonyl (C=O) groups excluding carboxylic acids is 2. The topological polar surface area (TPSA) is 67.4 Å². The SMILES string of the molecule is CCC(C(=O)NCC(=O)Nc1ccc(OC)cc1)c1ccccc1. The first-order chi connectivity index (χ1) is 11.6. The minimum absolute atomic E-state index is 0.0613. The Kier molecular flexibility index (Phi) is 6.37. The fraction of sp³-hybridized carbons (Fsp3) is 0.263. The van der Waals surface area contributed by atoms with Gasteiger partial charge in [0.25, 0.3) is 0 Å². The molecule has 0 bridgehead atoms. The first-order valence-corrected chi connectivity index (χ1v) is 7.90. The van der Waals surface area contributed by atoms with Gasteiger partial charge in [-0.25, -0.2) is 0 Å². The molecule has 0 aliphatic heterocycles. The van der Waals surface area contributed by atoms with Crippen LogP contribution in [0.2, 0.25) is 0 Å². The highest BCUT2D eigenvalue weighted by molar-refractivity contribution is 5.95. The number of hydrogen-bond acceptors (Lipinski definition) is 3. The second-order valence-corrected chi connectivity index (χ2v) is 5.37. The normalized spacial score (nSPS) is 11.4. The molecule has 2 aromatic carbocycles. The van der Waals surface area contributed by atoms with E-state index in [0.29, 0.717) is 12.1 Å². The third-order valence-electron chi connectivity index (χ3n) is 3.72. The second-order valence-electron chi connectivity index (χ2n) is 5.37. The number of rotatable bonds is 7. The molecule has 24 heavy (non-hydrogen) atoms. The Hall–Kier alpha value is -2.82. The van der Waals surface area contributed by atoms with E-state index in [2.05, 4.69) is 10.6 Å². The predicted molar refractivity (Wildman–Crippen MR) is 94.1 cm³/mol. The summed E-state index contributed by atoms with van der Waals surface area (Å²) in [6.45, 7) is 1.89. The molecule has 126 valence electrons. The molecule has 0 spiro atoms. The van der Waals surface area contributed by atoms with E-state index >= 15 is 0 Å². The third-order valence-corrected chi connectivity index (χ3v) is 3.72. The van der Waals surface area contributed by atoms with Crippen molar-refractivity contribution < 1.29 is 14.3 Å². The molecule has 0 heterocycles. The lowest BCUT2D eigenvalue weighted by molar-refractivity contribution is -0.125. The summed E-state index contributed by atoms with van der Waals surface area (Å²) < 4.78 is 5.06. The van der Waals surface area contributed by atoms with Crippen LogP contribution in [0.1, 0.15) is 24.8 Å². The molecule has 0 fully saturated rings. The van der Waals surface area contributed by atoms with Gasteiger partial charge in [-0.2, -0.15) is 0 Å². The van der Waals surface area contributed by atoms with E-state index in [1.54, 1.807) is 31.4 Å². The number of ether oxygens (including phenoxy) is 1. The van der Waals surface area contributed by atoms with Crippen molar-refractivity contribution in [3.05, 3.63) is 60.2 Å². The number of nitrogens with one attached hydrogen (secondary N) is 2. The summed E-state index contributed by atoms with van der Waals surface area (Å²) in [7, 11) is 1.58. The van der Waals surface area contributed by atoms with Gasteiger partial charge in [0.05, 0.1) is 19.6 Å². The molecule has 2 amide bonds. The smallest absolute Gasteiger partial charge is 0.243 e. The summed E-state index contributed by atoms with van der Waals surface area (Å²) in [5.74, 6) is 0.0555. The molecular formula is C19H22N2O3. The molecule has 5 heteroatoms. The first-order valence-electron chi connectivity index (χ1n) is 7.90. The summed E-state index contributed by atoms with van der Waals surface area (Å²) in [6.07, 6.45) is 0.677. The number of methoxy groups -OCH3 is 1. The monoisotopic (exact) mass is 326 g/mol. The summed E-state index contributed by atoms with van der Waals surface area (Å²) >= 11 is 0. The number of carbonyl (C=O) groups is 2. The number of amides is 2. The van der Waals surface area contributed by atoms with Crippen molar-refractivity contribution in [2.45, 2.75) is 19.3 Å². The zero-order chi connectivity index (χ0) is 17.4. The fourth-order valence-electron chi connectivity index (χ4n) is 2.43. The maximum atomic E-state index is 12.3. The maximum Gasteiger partial charge on any atom is 0.243 e. The second kappa shape index (κ2) is 8.72. The van der Waals surface area contributed by atoms with E-state index in [1.807, 2.05) is 37.3 Å². The Labute approximate surface area is 142 Å². The quantitative estimate of drug-likeness (QED) is 0.822. The largest absolute Gasteiger partial charge is 0.497 e. The molecule has 0 radical (unpaired) electrons. The average molecular weight is 326 g/mol. The van der Waals surface area contributed by atoms with Crippen molar-refractivity contribution in [1.82, 2.24) is 5.32 Å². The predicted octanol–water partition coefficient (Wildman–Crippen LogP) is 2.94. The van der Waals surface area contributed by atoms with Crippen molar-refractivity contribution >= 4 is 17.5 Å². The Morgan fingerprint density at radius 1 is 1.04 bits per heavy atom. The number of hydrogen-bond donors (Lipinski definition) is 2. The lowest BCUT2D eigenvalue weighted by Gasteiger charge is -2.15. The van der Waals surface area contributed by atoms with Crippen LogP contribution in [0.4, 0.5) is 5.69 Å². The van der Waals surface area contributed by atoms with Crippen LogP contribution in [-0.4, -0.2) is 25.5 Å². The molecule has 0 aliphatic rings. The number of anilines is 1. The molecule has 0 aromatic heterocycles. The molecule has 5 nitrogen and oxygen atoms in total. The van der Waals surface area contributed by atoms with Gasteiger partial charge in [0.2, 0.25) is 11.8 Å². The molecule has 0 aliphatic carbocycles. The Morgan fingerprint density at radius 2 is 1.71 bits per heavy atom. The van der Waals surface area contributed by atoms with Crippen LogP contribution in [0.3, 0.4) is 0 Å². The zero-order valence-corrected chi connectivity index (χ0v) is 13.9. The van der Waals surface area contributed by atoms with Gasteiger partial charge in [-0.15, -0.1) is 0 Å². The Bertz CT molecular complexity index is 669. The lowest BCUT2D eigenvalue weighted by atomic mass is 9.96.